The smallest absolute Gasteiger partial charge is 0.252 e. The zero-order valence-electron chi connectivity index (χ0n) is 17.1. The van der Waals surface area contributed by atoms with E-state index in [4.69, 9.17) is 0 Å². The third-order valence-corrected chi connectivity index (χ3v) is 4.45. The van der Waals surface area contributed by atoms with E-state index in [1.165, 1.54) is 14.7 Å². The van der Waals surface area contributed by atoms with Gasteiger partial charge < -0.3 is 14.7 Å². The van der Waals surface area contributed by atoms with Gasteiger partial charge in [0.15, 0.2) is 0 Å². The van der Waals surface area contributed by atoms with Crippen LogP contribution in [0.15, 0.2) is 36.5 Å². The molecule has 3 amide bonds. The van der Waals surface area contributed by atoms with E-state index >= 15 is 0 Å². The molecule has 0 spiro atoms. The van der Waals surface area contributed by atoms with Gasteiger partial charge in [-0.2, -0.15) is 0 Å². The molecule has 1 heterocycles. The van der Waals surface area contributed by atoms with Gasteiger partial charge in [-0.05, 0) is 19.3 Å². The summed E-state index contributed by atoms with van der Waals surface area (Å²) in [5, 5.41) is 0. The fraction of sp³-hybridized carbons (Fsp3) is 0.571. The Morgan fingerprint density at radius 2 is 0.815 bits per heavy atom. The van der Waals surface area contributed by atoms with Crippen molar-refractivity contribution in [3.8, 4) is 0 Å². The van der Waals surface area contributed by atoms with Crippen molar-refractivity contribution in [2.75, 3.05) is 20.0 Å². The van der Waals surface area contributed by atoms with Crippen LogP contribution in [0.2, 0.25) is 0 Å². The molecule has 0 aromatic carbocycles. The lowest BCUT2D eigenvalue weighted by molar-refractivity contribution is -0.153. The Hall–Kier alpha value is -2.37. The van der Waals surface area contributed by atoms with E-state index in [1.54, 1.807) is 0 Å². The summed E-state index contributed by atoms with van der Waals surface area (Å²) in [5.41, 5.74) is 1.46. The van der Waals surface area contributed by atoms with Crippen LogP contribution in [0.1, 0.15) is 59.3 Å². The highest BCUT2D eigenvalue weighted by Crippen LogP contribution is 2.18. The predicted molar refractivity (Wildman–Crippen MR) is 107 cm³/mol. The maximum absolute atomic E-state index is 12.7. The van der Waals surface area contributed by atoms with Crippen LogP contribution < -0.4 is 0 Å². The number of hydrogen-bond donors (Lipinski definition) is 0. The molecule has 0 aromatic rings. The van der Waals surface area contributed by atoms with Crippen molar-refractivity contribution in [2.45, 2.75) is 59.3 Å². The van der Waals surface area contributed by atoms with Gasteiger partial charge in [-0.1, -0.05) is 59.8 Å². The van der Waals surface area contributed by atoms with Gasteiger partial charge >= 0.3 is 0 Å². The van der Waals surface area contributed by atoms with Crippen LogP contribution in [0.25, 0.3) is 0 Å². The minimum absolute atomic E-state index is 0.132. The van der Waals surface area contributed by atoms with Crippen molar-refractivity contribution < 1.29 is 14.4 Å². The monoisotopic (exact) mass is 375 g/mol. The van der Waals surface area contributed by atoms with Crippen molar-refractivity contribution in [3.63, 3.8) is 0 Å². The lowest BCUT2D eigenvalue weighted by atomic mass is 10.1. The molecule has 27 heavy (non-hydrogen) atoms. The molecule has 0 aliphatic carbocycles. The van der Waals surface area contributed by atoms with Crippen LogP contribution in [-0.2, 0) is 14.4 Å². The summed E-state index contributed by atoms with van der Waals surface area (Å²) in [6.07, 6.45) is 4.19. The Morgan fingerprint density at radius 1 is 0.593 bits per heavy atom. The average Bonchev–Trinajstić information content (AvgIpc) is 2.66. The zero-order chi connectivity index (χ0) is 20.6. The molecule has 0 unspecified atom stereocenters. The Bertz CT molecular complexity index is 533. The van der Waals surface area contributed by atoms with E-state index in [9.17, 15) is 14.4 Å². The number of carbonyl (C=O) groups excluding carboxylic acids is 3. The zero-order valence-corrected chi connectivity index (χ0v) is 17.1. The molecule has 0 bridgehead atoms. The highest BCUT2D eigenvalue weighted by atomic mass is 16.2. The summed E-state index contributed by atoms with van der Waals surface area (Å²) < 4.78 is 0. The van der Waals surface area contributed by atoms with Gasteiger partial charge in [-0.25, -0.2) is 0 Å². The van der Waals surface area contributed by atoms with Crippen LogP contribution >= 0.6 is 0 Å². The Morgan fingerprint density at radius 3 is 1.00 bits per heavy atom. The maximum Gasteiger partial charge on any atom is 0.252 e. The largest absolute Gasteiger partial charge is 0.303 e. The standard InChI is InChI=1S/C21H33N3O3/c1-7-10-16(4)19(25)22-13-23(20(26)17(5)11-8-2)15-24(14-22)21(27)18(6)12-9-3/h4-15H2,1-3H3. The molecule has 0 saturated carbocycles. The van der Waals surface area contributed by atoms with Gasteiger partial charge in [0.1, 0.15) is 0 Å². The fourth-order valence-electron chi connectivity index (χ4n) is 3.03. The first kappa shape index (κ1) is 22.7. The number of rotatable bonds is 9. The molecule has 0 atom stereocenters. The van der Waals surface area contributed by atoms with Crippen LogP contribution in [0.3, 0.4) is 0 Å². The molecule has 1 fully saturated rings. The van der Waals surface area contributed by atoms with Crippen LogP contribution in [-0.4, -0.2) is 52.4 Å². The molecule has 6 heteroatoms. The second-order valence-electron chi connectivity index (χ2n) is 7.02. The highest BCUT2D eigenvalue weighted by Gasteiger charge is 2.33. The molecular formula is C21H33N3O3. The van der Waals surface area contributed by atoms with E-state index in [-0.39, 0.29) is 37.7 Å². The molecule has 1 saturated heterocycles. The van der Waals surface area contributed by atoms with Crippen molar-refractivity contribution in [1.82, 2.24) is 14.7 Å². The topological polar surface area (TPSA) is 60.9 Å². The third kappa shape index (κ3) is 6.08. The van der Waals surface area contributed by atoms with E-state index in [0.717, 1.165) is 19.3 Å². The van der Waals surface area contributed by atoms with Gasteiger partial charge in [-0.15, -0.1) is 0 Å². The molecule has 0 aromatic heterocycles. The lowest BCUT2D eigenvalue weighted by Gasteiger charge is -2.42. The van der Waals surface area contributed by atoms with Crippen molar-refractivity contribution in [2.24, 2.45) is 0 Å². The summed E-state index contributed by atoms with van der Waals surface area (Å²) >= 11 is 0. The minimum atomic E-state index is -0.227. The lowest BCUT2D eigenvalue weighted by Crippen LogP contribution is -2.60. The SMILES string of the molecule is C=C(CCC)C(=O)N1CN(C(=O)C(=C)CCC)CN(C(=O)C(=C)CCC)C1. The molecule has 1 rings (SSSR count). The predicted octanol–water partition coefficient (Wildman–Crippen LogP) is 3.43. The number of hydrogen-bond acceptors (Lipinski definition) is 3. The quantitative estimate of drug-likeness (QED) is 0.580. The molecule has 6 nitrogen and oxygen atoms in total. The summed E-state index contributed by atoms with van der Waals surface area (Å²) in [4.78, 5) is 42.7. The number of nitrogens with zero attached hydrogens (tertiary/aromatic N) is 3. The summed E-state index contributed by atoms with van der Waals surface area (Å²) in [7, 11) is 0. The first-order valence-corrected chi connectivity index (χ1v) is 9.67. The highest BCUT2D eigenvalue weighted by molar-refractivity contribution is 5.97. The second kappa shape index (κ2) is 10.7. The van der Waals surface area contributed by atoms with Crippen molar-refractivity contribution in [1.29, 1.82) is 0 Å². The Labute approximate surface area is 163 Å². The van der Waals surface area contributed by atoms with E-state index in [2.05, 4.69) is 19.7 Å². The number of carbonyl (C=O) groups is 3. The van der Waals surface area contributed by atoms with Crippen molar-refractivity contribution >= 4 is 17.7 Å². The number of amides is 3. The summed E-state index contributed by atoms with van der Waals surface area (Å²) in [6, 6.07) is 0. The first-order chi connectivity index (χ1) is 12.8. The van der Waals surface area contributed by atoms with Gasteiger partial charge in [-0.3, -0.25) is 14.4 Å². The van der Waals surface area contributed by atoms with Gasteiger partial charge in [0.2, 0.25) is 0 Å². The minimum Gasteiger partial charge on any atom is -0.303 e. The summed E-state index contributed by atoms with van der Waals surface area (Å²) in [5.74, 6) is -0.682. The Kier molecular flexibility index (Phi) is 8.98. The van der Waals surface area contributed by atoms with Crippen LogP contribution in [0.4, 0.5) is 0 Å². The maximum atomic E-state index is 12.7. The molecule has 0 N–H and O–H groups in total. The van der Waals surface area contributed by atoms with Gasteiger partial charge in [0, 0.05) is 16.7 Å². The van der Waals surface area contributed by atoms with Crippen molar-refractivity contribution in [3.05, 3.63) is 36.5 Å². The van der Waals surface area contributed by atoms with E-state index < -0.39 is 0 Å². The first-order valence-electron chi connectivity index (χ1n) is 9.67. The molecule has 0 radical (unpaired) electrons. The molecule has 150 valence electrons. The van der Waals surface area contributed by atoms with Gasteiger partial charge in [0.25, 0.3) is 17.7 Å². The average molecular weight is 376 g/mol. The van der Waals surface area contributed by atoms with Gasteiger partial charge in [0.05, 0.1) is 20.0 Å². The molecule has 1 aliphatic heterocycles. The Balaban J connectivity index is 3.04. The third-order valence-electron chi connectivity index (χ3n) is 4.45. The summed E-state index contributed by atoms with van der Waals surface area (Å²) in [6.45, 7) is 17.9. The molecular weight excluding hydrogens is 342 g/mol. The van der Waals surface area contributed by atoms with E-state index in [0.29, 0.717) is 36.0 Å². The second-order valence-corrected chi connectivity index (χ2v) is 7.02. The fourth-order valence-corrected chi connectivity index (χ4v) is 3.03. The normalized spacial score (nSPS) is 14.1. The van der Waals surface area contributed by atoms with Crippen LogP contribution in [0, 0.1) is 0 Å². The molecule has 1 aliphatic rings. The van der Waals surface area contributed by atoms with E-state index in [1.807, 2.05) is 20.8 Å². The van der Waals surface area contributed by atoms with Crippen LogP contribution in [0.5, 0.6) is 0 Å².